The molecule has 6 nitrogen and oxygen atoms in total. The molecule has 0 aliphatic heterocycles. The molecule has 0 unspecified atom stereocenters. The van der Waals surface area contributed by atoms with Gasteiger partial charge in [-0.25, -0.2) is 0 Å². The van der Waals surface area contributed by atoms with Gasteiger partial charge in [-0.1, -0.05) is 241 Å². The van der Waals surface area contributed by atoms with E-state index in [0.29, 0.717) is 19.3 Å². The van der Waals surface area contributed by atoms with Crippen molar-refractivity contribution in [3.63, 3.8) is 0 Å². The summed E-state index contributed by atoms with van der Waals surface area (Å²) in [4.78, 5) is 38.1. The fraction of sp³-hybridized carbons (Fsp3) is 0.721. The second-order valence-electron chi connectivity index (χ2n) is 18.5. The lowest BCUT2D eigenvalue weighted by Crippen LogP contribution is -2.30. The van der Waals surface area contributed by atoms with Crippen molar-refractivity contribution < 1.29 is 28.6 Å². The fourth-order valence-corrected chi connectivity index (χ4v) is 7.66. The summed E-state index contributed by atoms with van der Waals surface area (Å²) in [5, 5.41) is 0. The summed E-state index contributed by atoms with van der Waals surface area (Å²) in [6, 6.07) is 0. The molecule has 6 heteroatoms. The molecule has 384 valence electrons. The average Bonchev–Trinajstić information content (AvgIpc) is 3.33. The molecule has 0 spiro atoms. The maximum Gasteiger partial charge on any atom is 0.306 e. The number of hydrogen-bond donors (Lipinski definition) is 0. The highest BCUT2D eigenvalue weighted by Crippen LogP contribution is 2.15. The highest BCUT2D eigenvalue weighted by molar-refractivity contribution is 5.71. The van der Waals surface area contributed by atoms with Gasteiger partial charge < -0.3 is 14.2 Å². The van der Waals surface area contributed by atoms with Crippen LogP contribution in [0.25, 0.3) is 0 Å². The highest BCUT2D eigenvalue weighted by atomic mass is 16.6. The van der Waals surface area contributed by atoms with E-state index in [4.69, 9.17) is 14.2 Å². The molecular formula is C61H104O6. The van der Waals surface area contributed by atoms with E-state index in [1.54, 1.807) is 0 Å². The molecule has 0 heterocycles. The van der Waals surface area contributed by atoms with Gasteiger partial charge in [-0.3, -0.25) is 14.4 Å². The molecule has 0 aromatic carbocycles. The first-order valence-corrected chi connectivity index (χ1v) is 28.1. The molecule has 0 aromatic heterocycles. The lowest BCUT2D eigenvalue weighted by molar-refractivity contribution is -0.167. The SMILES string of the molecule is CC/C=C/C/C=C/C/C=C/C/C=C/C/C=C/CCCCCC(=O)OC[C@@H](COC(=O)CCCCCCC/C=C/C/C=C/CCCC)OC(=O)CCCCCCCCCCCCCCCCCC. The van der Waals surface area contributed by atoms with E-state index < -0.39 is 6.10 Å². The lowest BCUT2D eigenvalue weighted by Gasteiger charge is -2.18. The smallest absolute Gasteiger partial charge is 0.306 e. The largest absolute Gasteiger partial charge is 0.462 e. The number of unbranched alkanes of at least 4 members (excludes halogenated alkanes) is 25. The van der Waals surface area contributed by atoms with Crippen LogP contribution in [0.1, 0.15) is 265 Å². The Hall–Kier alpha value is -3.41. The number of esters is 3. The predicted octanol–water partition coefficient (Wildman–Crippen LogP) is 18.8. The Kier molecular flexibility index (Phi) is 52.4. The van der Waals surface area contributed by atoms with E-state index in [1.807, 2.05) is 0 Å². The van der Waals surface area contributed by atoms with Crippen molar-refractivity contribution in [2.45, 2.75) is 271 Å². The van der Waals surface area contributed by atoms with Gasteiger partial charge in [0.1, 0.15) is 13.2 Å². The van der Waals surface area contributed by atoms with Crippen molar-refractivity contribution in [2.75, 3.05) is 13.2 Å². The Labute approximate surface area is 414 Å². The topological polar surface area (TPSA) is 78.9 Å². The van der Waals surface area contributed by atoms with Crippen molar-refractivity contribution in [1.29, 1.82) is 0 Å². The molecule has 0 aliphatic rings. The van der Waals surface area contributed by atoms with Crippen LogP contribution in [0.4, 0.5) is 0 Å². The van der Waals surface area contributed by atoms with E-state index in [2.05, 4.69) is 106 Å². The standard InChI is InChI=1S/C61H104O6/c1-4-7-10-13-16-19-22-25-28-30-31-32-34-36-39-42-45-48-51-54-60(63)66-57-58(56-65-59(62)53-50-47-44-41-38-35-27-24-21-18-15-12-9-6-3)67-61(64)55-52-49-46-43-40-37-33-29-26-23-20-17-14-11-8-5-2/h7,10,15-16,18-19,24-25,27-28,31-32,36,39,58H,4-6,8-9,11-14,17,20-23,26,29-30,33-35,37-38,40-57H2,1-3H3/b10-7+,18-15+,19-16+,27-24+,28-25+,32-31+,39-36+/t58-/m1/s1. The van der Waals surface area contributed by atoms with Crippen LogP contribution in [-0.2, 0) is 28.6 Å². The molecule has 0 radical (unpaired) electrons. The van der Waals surface area contributed by atoms with Crippen LogP contribution in [0.5, 0.6) is 0 Å². The molecule has 0 rings (SSSR count). The van der Waals surface area contributed by atoms with Gasteiger partial charge in [0.15, 0.2) is 6.10 Å². The predicted molar refractivity (Wildman–Crippen MR) is 288 cm³/mol. The van der Waals surface area contributed by atoms with Gasteiger partial charge in [0.05, 0.1) is 0 Å². The van der Waals surface area contributed by atoms with Gasteiger partial charge in [0.2, 0.25) is 0 Å². The zero-order valence-corrected chi connectivity index (χ0v) is 43.9. The van der Waals surface area contributed by atoms with Crippen molar-refractivity contribution >= 4 is 17.9 Å². The fourth-order valence-electron chi connectivity index (χ4n) is 7.66. The Bertz CT molecular complexity index is 1300. The zero-order valence-electron chi connectivity index (χ0n) is 43.9. The van der Waals surface area contributed by atoms with E-state index in [-0.39, 0.29) is 31.1 Å². The zero-order chi connectivity index (χ0) is 48.6. The number of carbonyl (C=O) groups excluding carboxylic acids is 3. The number of carbonyl (C=O) groups is 3. The number of hydrogen-bond acceptors (Lipinski definition) is 6. The molecule has 0 bridgehead atoms. The molecule has 0 aromatic rings. The van der Waals surface area contributed by atoms with Crippen LogP contribution < -0.4 is 0 Å². The van der Waals surface area contributed by atoms with Crippen LogP contribution in [0.3, 0.4) is 0 Å². The van der Waals surface area contributed by atoms with Crippen LogP contribution in [0.15, 0.2) is 85.1 Å². The third-order valence-corrected chi connectivity index (χ3v) is 11.9. The molecule has 0 aliphatic carbocycles. The first-order chi connectivity index (χ1) is 33.0. The summed E-state index contributed by atoms with van der Waals surface area (Å²) in [5.41, 5.74) is 0. The van der Waals surface area contributed by atoms with E-state index in [9.17, 15) is 14.4 Å². The van der Waals surface area contributed by atoms with E-state index >= 15 is 0 Å². The number of allylic oxidation sites excluding steroid dienone is 14. The van der Waals surface area contributed by atoms with Crippen molar-refractivity contribution in [3.05, 3.63) is 85.1 Å². The Morgan fingerprint density at radius 2 is 0.597 bits per heavy atom. The first kappa shape index (κ1) is 63.6. The summed E-state index contributed by atoms with van der Waals surface area (Å²) < 4.78 is 16.8. The second kappa shape index (κ2) is 55.2. The molecule has 0 saturated heterocycles. The summed E-state index contributed by atoms with van der Waals surface area (Å²) in [5.74, 6) is -0.932. The molecule has 1 atom stereocenters. The Morgan fingerprint density at radius 1 is 0.313 bits per heavy atom. The molecule has 0 N–H and O–H groups in total. The third kappa shape index (κ3) is 53.4. The molecule has 0 saturated carbocycles. The normalized spacial score (nSPS) is 12.7. The van der Waals surface area contributed by atoms with Crippen LogP contribution >= 0.6 is 0 Å². The molecule has 67 heavy (non-hydrogen) atoms. The van der Waals surface area contributed by atoms with E-state index in [1.165, 1.54) is 103 Å². The van der Waals surface area contributed by atoms with Gasteiger partial charge in [-0.15, -0.1) is 0 Å². The second-order valence-corrected chi connectivity index (χ2v) is 18.5. The van der Waals surface area contributed by atoms with Gasteiger partial charge in [-0.2, -0.15) is 0 Å². The van der Waals surface area contributed by atoms with Crippen molar-refractivity contribution in [3.8, 4) is 0 Å². The molecule has 0 fully saturated rings. The molecule has 0 amide bonds. The maximum atomic E-state index is 12.8. The summed E-state index contributed by atoms with van der Waals surface area (Å²) >= 11 is 0. The summed E-state index contributed by atoms with van der Waals surface area (Å²) in [6.07, 6.45) is 71.4. The Morgan fingerprint density at radius 3 is 0.970 bits per heavy atom. The Balaban J connectivity index is 4.45. The quantitative estimate of drug-likeness (QED) is 0.0262. The van der Waals surface area contributed by atoms with Gasteiger partial charge >= 0.3 is 17.9 Å². The van der Waals surface area contributed by atoms with Gasteiger partial charge in [0, 0.05) is 19.3 Å². The van der Waals surface area contributed by atoms with Gasteiger partial charge in [-0.05, 0) is 89.9 Å². The number of ether oxygens (including phenoxy) is 3. The van der Waals surface area contributed by atoms with E-state index in [0.717, 1.165) is 122 Å². The summed E-state index contributed by atoms with van der Waals surface area (Å²) in [6.45, 7) is 6.46. The number of rotatable bonds is 50. The maximum absolute atomic E-state index is 12.8. The minimum Gasteiger partial charge on any atom is -0.462 e. The van der Waals surface area contributed by atoms with Crippen LogP contribution in [0, 0.1) is 0 Å². The average molecular weight is 933 g/mol. The lowest BCUT2D eigenvalue weighted by atomic mass is 10.0. The van der Waals surface area contributed by atoms with Gasteiger partial charge in [0.25, 0.3) is 0 Å². The third-order valence-electron chi connectivity index (χ3n) is 11.9. The highest BCUT2D eigenvalue weighted by Gasteiger charge is 2.19. The molecular weight excluding hydrogens is 829 g/mol. The summed E-state index contributed by atoms with van der Waals surface area (Å²) in [7, 11) is 0. The van der Waals surface area contributed by atoms with Crippen LogP contribution in [0.2, 0.25) is 0 Å². The van der Waals surface area contributed by atoms with Crippen molar-refractivity contribution in [2.24, 2.45) is 0 Å². The monoisotopic (exact) mass is 933 g/mol. The minimum absolute atomic E-state index is 0.0931. The first-order valence-electron chi connectivity index (χ1n) is 28.1. The minimum atomic E-state index is -0.795. The van der Waals surface area contributed by atoms with Crippen LogP contribution in [-0.4, -0.2) is 37.2 Å². The van der Waals surface area contributed by atoms with Crippen molar-refractivity contribution in [1.82, 2.24) is 0 Å².